The lowest BCUT2D eigenvalue weighted by atomic mass is 9.94. The number of hydrogen-bond acceptors (Lipinski definition) is 0. The first-order chi connectivity index (χ1) is 9.60. The average molecular weight is 376 g/mol. The molecule has 0 fully saturated rings. The molecule has 0 spiro atoms. The molecule has 2 aromatic carbocycles. The molecule has 0 heterocycles. The van der Waals surface area contributed by atoms with Crippen molar-refractivity contribution in [2.75, 3.05) is 5.88 Å². The molecule has 0 radical (unpaired) electrons. The molecule has 1 unspecified atom stereocenters. The van der Waals surface area contributed by atoms with E-state index in [9.17, 15) is 4.39 Å². The van der Waals surface area contributed by atoms with E-state index in [4.69, 9.17) is 23.2 Å². The number of benzene rings is 2. The molecular formula is C16H14BrCl2F. The van der Waals surface area contributed by atoms with Crippen LogP contribution < -0.4 is 0 Å². The molecular weight excluding hydrogens is 362 g/mol. The van der Waals surface area contributed by atoms with Gasteiger partial charge in [0, 0.05) is 10.9 Å². The van der Waals surface area contributed by atoms with Crippen LogP contribution >= 0.6 is 39.1 Å². The van der Waals surface area contributed by atoms with Crippen molar-refractivity contribution in [1.82, 2.24) is 0 Å². The molecule has 2 aromatic rings. The maximum absolute atomic E-state index is 13.5. The van der Waals surface area contributed by atoms with Gasteiger partial charge in [0.1, 0.15) is 5.82 Å². The third kappa shape index (κ3) is 4.21. The Hall–Kier alpha value is -0.570. The summed E-state index contributed by atoms with van der Waals surface area (Å²) in [5, 5.41) is 0.726. The second-order valence-corrected chi connectivity index (χ2v) is 6.31. The minimum absolute atomic E-state index is 0.234. The van der Waals surface area contributed by atoms with Gasteiger partial charge in [-0.15, -0.1) is 11.6 Å². The van der Waals surface area contributed by atoms with Crippen molar-refractivity contribution in [2.24, 2.45) is 5.92 Å². The van der Waals surface area contributed by atoms with E-state index in [1.165, 1.54) is 11.6 Å². The molecule has 0 saturated carbocycles. The maximum atomic E-state index is 13.5. The predicted molar refractivity (Wildman–Crippen MR) is 87.2 cm³/mol. The molecule has 0 amide bonds. The van der Waals surface area contributed by atoms with Gasteiger partial charge in [0.2, 0.25) is 0 Å². The van der Waals surface area contributed by atoms with Gasteiger partial charge in [-0.2, -0.15) is 0 Å². The van der Waals surface area contributed by atoms with Gasteiger partial charge in [-0.05, 0) is 64.0 Å². The minimum atomic E-state index is -0.234. The van der Waals surface area contributed by atoms with Crippen LogP contribution in [-0.2, 0) is 12.8 Å². The Kier molecular flexibility index (Phi) is 5.88. The summed E-state index contributed by atoms with van der Waals surface area (Å²) in [4.78, 5) is 0. The van der Waals surface area contributed by atoms with Crippen molar-refractivity contribution in [3.05, 3.63) is 68.9 Å². The lowest BCUT2D eigenvalue weighted by Crippen LogP contribution is -2.11. The highest BCUT2D eigenvalue weighted by molar-refractivity contribution is 9.10. The highest BCUT2D eigenvalue weighted by Gasteiger charge is 2.13. The van der Waals surface area contributed by atoms with Gasteiger partial charge in [0.05, 0.1) is 4.47 Å². The van der Waals surface area contributed by atoms with Gasteiger partial charge < -0.3 is 0 Å². The summed E-state index contributed by atoms with van der Waals surface area (Å²) in [6.45, 7) is 0. The molecule has 0 saturated heterocycles. The van der Waals surface area contributed by atoms with Crippen molar-refractivity contribution < 1.29 is 4.39 Å². The van der Waals surface area contributed by atoms with E-state index in [2.05, 4.69) is 15.9 Å². The fraction of sp³-hybridized carbons (Fsp3) is 0.250. The van der Waals surface area contributed by atoms with E-state index in [0.717, 1.165) is 23.4 Å². The average Bonchev–Trinajstić information content (AvgIpc) is 2.45. The van der Waals surface area contributed by atoms with Crippen LogP contribution in [0.15, 0.2) is 46.9 Å². The first-order valence-electron chi connectivity index (χ1n) is 6.33. The van der Waals surface area contributed by atoms with Crippen LogP contribution in [0.3, 0.4) is 0 Å². The Morgan fingerprint density at radius 2 is 1.75 bits per heavy atom. The Morgan fingerprint density at radius 1 is 1.05 bits per heavy atom. The first-order valence-corrected chi connectivity index (χ1v) is 8.04. The van der Waals surface area contributed by atoms with Crippen molar-refractivity contribution >= 4 is 39.1 Å². The zero-order chi connectivity index (χ0) is 14.5. The molecule has 0 bridgehead atoms. The largest absolute Gasteiger partial charge is 0.206 e. The van der Waals surface area contributed by atoms with Crippen LogP contribution in [-0.4, -0.2) is 5.88 Å². The minimum Gasteiger partial charge on any atom is -0.206 e. The van der Waals surface area contributed by atoms with Crippen molar-refractivity contribution in [1.29, 1.82) is 0 Å². The van der Waals surface area contributed by atoms with Crippen LogP contribution in [0.4, 0.5) is 4.39 Å². The van der Waals surface area contributed by atoms with Crippen LogP contribution in [0.1, 0.15) is 11.1 Å². The summed E-state index contributed by atoms with van der Waals surface area (Å²) in [7, 11) is 0. The van der Waals surface area contributed by atoms with E-state index in [1.54, 1.807) is 6.07 Å². The molecule has 4 heteroatoms. The lowest BCUT2D eigenvalue weighted by Gasteiger charge is -2.15. The third-order valence-corrected chi connectivity index (χ3v) is 4.77. The van der Waals surface area contributed by atoms with Crippen molar-refractivity contribution in [3.63, 3.8) is 0 Å². The number of alkyl halides is 1. The Bertz CT molecular complexity index is 569. The summed E-state index contributed by atoms with van der Waals surface area (Å²) in [5.41, 5.74) is 2.14. The zero-order valence-corrected chi connectivity index (χ0v) is 13.8. The molecule has 20 heavy (non-hydrogen) atoms. The second kappa shape index (κ2) is 7.44. The Balaban J connectivity index is 2.09. The summed E-state index contributed by atoms with van der Waals surface area (Å²) in [6.07, 6.45) is 1.59. The fourth-order valence-corrected chi connectivity index (χ4v) is 2.92. The van der Waals surface area contributed by atoms with Crippen LogP contribution in [0.25, 0.3) is 0 Å². The molecule has 0 nitrogen and oxygen atoms in total. The van der Waals surface area contributed by atoms with Gasteiger partial charge in [-0.3, -0.25) is 0 Å². The summed E-state index contributed by atoms with van der Waals surface area (Å²) >= 11 is 15.2. The normalized spacial score (nSPS) is 12.4. The van der Waals surface area contributed by atoms with Crippen molar-refractivity contribution in [3.8, 4) is 0 Å². The topological polar surface area (TPSA) is 0 Å². The third-order valence-electron chi connectivity index (χ3n) is 3.20. The van der Waals surface area contributed by atoms with E-state index in [1.807, 2.05) is 30.3 Å². The van der Waals surface area contributed by atoms with Gasteiger partial charge in [-0.1, -0.05) is 35.9 Å². The van der Waals surface area contributed by atoms with Gasteiger partial charge in [0.25, 0.3) is 0 Å². The molecule has 106 valence electrons. The van der Waals surface area contributed by atoms with E-state index in [-0.39, 0.29) is 11.7 Å². The number of hydrogen-bond donors (Lipinski definition) is 0. The molecule has 0 aliphatic heterocycles. The predicted octanol–water partition coefficient (Wildman–Crippen LogP) is 5.88. The molecule has 0 aliphatic rings. The van der Waals surface area contributed by atoms with Crippen molar-refractivity contribution in [2.45, 2.75) is 12.8 Å². The summed E-state index contributed by atoms with van der Waals surface area (Å²) in [5.74, 6) is 0.559. The Labute approximate surface area is 137 Å². The highest BCUT2D eigenvalue weighted by Crippen LogP contribution is 2.25. The summed E-state index contributed by atoms with van der Waals surface area (Å²) < 4.78 is 14.0. The number of rotatable bonds is 5. The SMILES string of the molecule is Fc1cccc(CC(CCl)Cc2ccc(Cl)cc2)c1Br. The van der Waals surface area contributed by atoms with Crippen LogP contribution in [0.5, 0.6) is 0 Å². The summed E-state index contributed by atoms with van der Waals surface area (Å²) in [6, 6.07) is 12.9. The molecule has 0 aromatic heterocycles. The zero-order valence-electron chi connectivity index (χ0n) is 10.8. The highest BCUT2D eigenvalue weighted by atomic mass is 79.9. The van der Waals surface area contributed by atoms with E-state index in [0.29, 0.717) is 10.4 Å². The monoisotopic (exact) mass is 374 g/mol. The molecule has 2 rings (SSSR count). The fourth-order valence-electron chi connectivity index (χ4n) is 2.15. The van der Waals surface area contributed by atoms with Gasteiger partial charge in [0.15, 0.2) is 0 Å². The standard InChI is InChI=1S/C16H14BrCl2F/c17-16-13(2-1-3-15(16)20)9-12(10-18)8-11-4-6-14(19)7-5-11/h1-7,12H,8-10H2. The van der Waals surface area contributed by atoms with E-state index < -0.39 is 0 Å². The van der Waals surface area contributed by atoms with Gasteiger partial charge >= 0.3 is 0 Å². The van der Waals surface area contributed by atoms with Crippen LogP contribution in [0.2, 0.25) is 5.02 Å². The van der Waals surface area contributed by atoms with E-state index >= 15 is 0 Å². The smallest absolute Gasteiger partial charge is 0.137 e. The maximum Gasteiger partial charge on any atom is 0.137 e. The molecule has 0 aliphatic carbocycles. The van der Waals surface area contributed by atoms with Gasteiger partial charge in [-0.25, -0.2) is 4.39 Å². The number of halogens is 4. The first kappa shape index (κ1) is 15.8. The quantitative estimate of drug-likeness (QED) is 0.572. The second-order valence-electron chi connectivity index (χ2n) is 4.77. The Morgan fingerprint density at radius 3 is 2.40 bits per heavy atom. The molecule has 1 atom stereocenters. The lowest BCUT2D eigenvalue weighted by molar-refractivity contribution is 0.573. The van der Waals surface area contributed by atoms with Crippen LogP contribution in [0, 0.1) is 11.7 Å². The molecule has 0 N–H and O–H groups in total.